The van der Waals surface area contributed by atoms with Gasteiger partial charge in [-0.1, -0.05) is 47.5 Å². The average Bonchev–Trinajstić information content (AvgIpc) is 2.78. The van der Waals surface area contributed by atoms with Gasteiger partial charge in [-0.25, -0.2) is 5.43 Å². The molecule has 0 atom stereocenters. The number of rotatable bonds is 9. The molecule has 0 aliphatic carbocycles. The van der Waals surface area contributed by atoms with Gasteiger partial charge in [-0.05, 0) is 61.7 Å². The molecule has 0 aliphatic heterocycles. The van der Waals surface area contributed by atoms with Gasteiger partial charge in [-0.15, -0.1) is 0 Å². The highest BCUT2D eigenvalue weighted by molar-refractivity contribution is 5.83. The average molecular weight is 433 g/mol. The smallest absolute Gasteiger partial charge is 0.277 e. The first-order valence-corrected chi connectivity index (χ1v) is 10.3. The summed E-state index contributed by atoms with van der Waals surface area (Å²) in [5.74, 6) is 1.56. The van der Waals surface area contributed by atoms with Gasteiger partial charge in [0.05, 0.1) is 13.3 Å². The van der Waals surface area contributed by atoms with Gasteiger partial charge in [0.25, 0.3) is 5.91 Å². The summed E-state index contributed by atoms with van der Waals surface area (Å²) in [4.78, 5) is 12.0. The van der Waals surface area contributed by atoms with E-state index in [2.05, 4.69) is 22.7 Å². The maximum absolute atomic E-state index is 12.0. The number of carbonyl (C=O) groups excluding carboxylic acids is 1. The third-order valence-corrected chi connectivity index (χ3v) is 4.79. The van der Waals surface area contributed by atoms with Crippen molar-refractivity contribution in [3.05, 3.63) is 88.5 Å². The summed E-state index contributed by atoms with van der Waals surface area (Å²) < 4.78 is 16.9. The molecule has 0 saturated heterocycles. The number of hydrogen-bond donors (Lipinski definition) is 1. The molecule has 3 aromatic rings. The van der Waals surface area contributed by atoms with E-state index in [0.717, 1.165) is 22.3 Å². The fraction of sp³-hybridized carbons (Fsp3) is 0.231. The number of hydrazone groups is 1. The maximum Gasteiger partial charge on any atom is 0.277 e. The molecule has 0 aliphatic rings. The Hall–Kier alpha value is -3.80. The minimum atomic E-state index is -0.341. The number of benzene rings is 3. The third-order valence-electron chi connectivity index (χ3n) is 4.79. The third kappa shape index (κ3) is 6.60. The van der Waals surface area contributed by atoms with E-state index >= 15 is 0 Å². The predicted octanol–water partition coefficient (Wildman–Crippen LogP) is 4.73. The Morgan fingerprint density at radius 3 is 2.31 bits per heavy atom. The van der Waals surface area contributed by atoms with Crippen molar-refractivity contribution >= 4 is 12.1 Å². The number of aryl methyl sites for hydroxylation is 3. The molecule has 0 bridgehead atoms. The fourth-order valence-electron chi connectivity index (χ4n) is 3.04. The van der Waals surface area contributed by atoms with Crippen LogP contribution in [0.4, 0.5) is 0 Å². The second kappa shape index (κ2) is 11.0. The molecule has 0 radical (unpaired) electrons. The fourth-order valence-corrected chi connectivity index (χ4v) is 3.04. The van der Waals surface area contributed by atoms with Gasteiger partial charge in [0.2, 0.25) is 0 Å². The summed E-state index contributed by atoms with van der Waals surface area (Å²) in [5, 5.41) is 4.00. The van der Waals surface area contributed by atoms with Crippen molar-refractivity contribution in [2.24, 2.45) is 5.10 Å². The van der Waals surface area contributed by atoms with Crippen LogP contribution in [0.2, 0.25) is 0 Å². The molecule has 0 fully saturated rings. The lowest BCUT2D eigenvalue weighted by Gasteiger charge is -2.11. The molecular weight excluding hydrogens is 404 g/mol. The number of ether oxygens (including phenoxy) is 3. The highest BCUT2D eigenvalue weighted by Crippen LogP contribution is 2.28. The largest absolute Gasteiger partial charge is 0.493 e. The molecule has 0 spiro atoms. The first kappa shape index (κ1) is 22.9. The molecule has 3 aromatic carbocycles. The van der Waals surface area contributed by atoms with E-state index < -0.39 is 0 Å². The van der Waals surface area contributed by atoms with E-state index in [1.165, 1.54) is 5.56 Å². The molecular formula is C26H28N2O4. The van der Waals surface area contributed by atoms with Crippen LogP contribution in [0.1, 0.15) is 27.8 Å². The van der Waals surface area contributed by atoms with Gasteiger partial charge in [0.15, 0.2) is 18.1 Å². The molecule has 6 nitrogen and oxygen atoms in total. The van der Waals surface area contributed by atoms with E-state index in [1.807, 2.05) is 63.2 Å². The highest BCUT2D eigenvalue weighted by Gasteiger charge is 2.07. The van der Waals surface area contributed by atoms with Crippen LogP contribution in [-0.2, 0) is 11.4 Å². The molecule has 0 aromatic heterocycles. The highest BCUT2D eigenvalue weighted by atomic mass is 16.5. The van der Waals surface area contributed by atoms with Crippen LogP contribution >= 0.6 is 0 Å². The lowest BCUT2D eigenvalue weighted by molar-refractivity contribution is -0.123. The molecule has 1 amide bonds. The number of carbonyl (C=O) groups is 1. The normalized spacial score (nSPS) is 10.8. The van der Waals surface area contributed by atoms with E-state index in [-0.39, 0.29) is 12.5 Å². The summed E-state index contributed by atoms with van der Waals surface area (Å²) in [6.45, 7) is 6.33. The van der Waals surface area contributed by atoms with Crippen LogP contribution in [0.3, 0.4) is 0 Å². The predicted molar refractivity (Wildman–Crippen MR) is 126 cm³/mol. The van der Waals surface area contributed by atoms with Crippen molar-refractivity contribution in [1.29, 1.82) is 0 Å². The summed E-state index contributed by atoms with van der Waals surface area (Å²) in [7, 11) is 1.58. The van der Waals surface area contributed by atoms with Crippen LogP contribution in [0.25, 0.3) is 0 Å². The van der Waals surface area contributed by atoms with Crippen molar-refractivity contribution < 1.29 is 19.0 Å². The lowest BCUT2D eigenvalue weighted by atomic mass is 10.1. The van der Waals surface area contributed by atoms with Crippen LogP contribution in [0.15, 0.2) is 65.8 Å². The molecule has 3 rings (SSSR count). The quantitative estimate of drug-likeness (QED) is 0.392. The van der Waals surface area contributed by atoms with Crippen molar-refractivity contribution in [3.8, 4) is 17.2 Å². The zero-order valence-corrected chi connectivity index (χ0v) is 18.8. The summed E-state index contributed by atoms with van der Waals surface area (Å²) in [6.07, 6.45) is 1.54. The van der Waals surface area contributed by atoms with Crippen LogP contribution in [0.5, 0.6) is 17.2 Å². The van der Waals surface area contributed by atoms with E-state index in [4.69, 9.17) is 14.2 Å². The molecule has 1 N–H and O–H groups in total. The minimum Gasteiger partial charge on any atom is -0.493 e. The van der Waals surface area contributed by atoms with E-state index in [0.29, 0.717) is 23.9 Å². The topological polar surface area (TPSA) is 69.2 Å². The Morgan fingerprint density at radius 1 is 0.875 bits per heavy atom. The van der Waals surface area contributed by atoms with Crippen LogP contribution in [-0.4, -0.2) is 25.8 Å². The first-order chi connectivity index (χ1) is 15.4. The van der Waals surface area contributed by atoms with Gasteiger partial charge in [-0.2, -0.15) is 5.10 Å². The van der Waals surface area contributed by atoms with Gasteiger partial charge in [-0.3, -0.25) is 4.79 Å². The number of hydrogen-bond acceptors (Lipinski definition) is 5. The zero-order chi connectivity index (χ0) is 22.9. The Bertz CT molecular complexity index is 1090. The molecule has 32 heavy (non-hydrogen) atoms. The second-order valence-electron chi connectivity index (χ2n) is 7.54. The minimum absolute atomic E-state index is 0.115. The van der Waals surface area contributed by atoms with Crippen LogP contribution in [0, 0.1) is 20.8 Å². The first-order valence-electron chi connectivity index (χ1n) is 10.3. The van der Waals surface area contributed by atoms with E-state index in [9.17, 15) is 4.79 Å². The van der Waals surface area contributed by atoms with Crippen molar-refractivity contribution in [2.45, 2.75) is 27.4 Å². The lowest BCUT2D eigenvalue weighted by Crippen LogP contribution is -2.24. The van der Waals surface area contributed by atoms with Crippen LogP contribution < -0.4 is 19.6 Å². The summed E-state index contributed by atoms with van der Waals surface area (Å²) in [6, 6.07) is 19.4. The number of methoxy groups -OCH3 is 1. The SMILES string of the molecule is COc1cc(/C=N/NC(=O)COc2ccc(C)cc2C)ccc1OCc1ccc(C)cc1. The molecule has 0 saturated carbocycles. The summed E-state index contributed by atoms with van der Waals surface area (Å²) >= 11 is 0. The number of amides is 1. The van der Waals surface area contributed by atoms with Crippen molar-refractivity contribution in [3.63, 3.8) is 0 Å². The molecule has 0 unspecified atom stereocenters. The summed E-state index contributed by atoms with van der Waals surface area (Å²) in [5.41, 5.74) is 7.65. The molecule has 166 valence electrons. The van der Waals surface area contributed by atoms with Crippen molar-refractivity contribution in [2.75, 3.05) is 13.7 Å². The molecule has 0 heterocycles. The zero-order valence-electron chi connectivity index (χ0n) is 18.8. The Balaban J connectivity index is 1.52. The van der Waals surface area contributed by atoms with Crippen molar-refractivity contribution in [1.82, 2.24) is 5.43 Å². The maximum atomic E-state index is 12.0. The standard InChI is InChI=1S/C26H28N2O4/c1-18-5-8-21(9-6-18)16-31-24-12-10-22(14-25(24)30-4)15-27-28-26(29)17-32-23-11-7-19(2)13-20(23)3/h5-15H,16-17H2,1-4H3,(H,28,29)/b27-15+. The van der Waals surface area contributed by atoms with Gasteiger partial charge in [0.1, 0.15) is 12.4 Å². The Morgan fingerprint density at radius 2 is 1.59 bits per heavy atom. The number of nitrogens with zero attached hydrogens (tertiary/aromatic N) is 1. The second-order valence-corrected chi connectivity index (χ2v) is 7.54. The van der Waals surface area contributed by atoms with Gasteiger partial charge < -0.3 is 14.2 Å². The Labute approximate surface area is 188 Å². The van der Waals surface area contributed by atoms with Gasteiger partial charge >= 0.3 is 0 Å². The van der Waals surface area contributed by atoms with Gasteiger partial charge in [0, 0.05) is 0 Å². The monoisotopic (exact) mass is 432 g/mol. The molecule has 6 heteroatoms. The Kier molecular flexibility index (Phi) is 7.86. The number of nitrogens with one attached hydrogen (secondary N) is 1. The van der Waals surface area contributed by atoms with E-state index in [1.54, 1.807) is 19.4 Å².